The minimum atomic E-state index is -0.246. The van der Waals surface area contributed by atoms with Crippen molar-refractivity contribution < 1.29 is 14.3 Å². The molecule has 1 saturated heterocycles. The minimum Gasteiger partial charge on any atom is -0.456 e. The summed E-state index contributed by atoms with van der Waals surface area (Å²) in [6, 6.07) is 0. The van der Waals surface area contributed by atoms with Crippen LogP contribution in [0.5, 0.6) is 0 Å². The summed E-state index contributed by atoms with van der Waals surface area (Å²) in [5.74, 6) is 2.35. The number of carbonyl (C=O) groups excluding carboxylic acids is 1. The maximum atomic E-state index is 11.8. The molecular formula is C16H22O3. The number of esters is 1. The summed E-state index contributed by atoms with van der Waals surface area (Å²) in [6.07, 6.45) is 5.06. The molecule has 104 valence electrons. The van der Waals surface area contributed by atoms with Crippen molar-refractivity contribution in [3.8, 4) is 0 Å². The molecule has 3 saturated carbocycles. The van der Waals surface area contributed by atoms with Gasteiger partial charge in [-0.25, -0.2) is 4.79 Å². The maximum absolute atomic E-state index is 11.8. The quantitative estimate of drug-likeness (QED) is 0.567. The fourth-order valence-electron chi connectivity index (χ4n) is 5.56. The molecule has 2 bridgehead atoms. The lowest BCUT2D eigenvalue weighted by molar-refractivity contribution is -0.156. The SMILES string of the molecule is C=C(C)C(=O)OC1C2CC3C1OC1(C)CCCC2C31. The van der Waals surface area contributed by atoms with Crippen molar-refractivity contribution in [2.24, 2.45) is 23.7 Å². The first-order valence-electron chi connectivity index (χ1n) is 7.55. The number of carbonyl (C=O) groups is 1. The molecule has 4 aliphatic rings. The molecular weight excluding hydrogens is 240 g/mol. The van der Waals surface area contributed by atoms with E-state index in [1.165, 1.54) is 25.7 Å². The van der Waals surface area contributed by atoms with E-state index in [2.05, 4.69) is 13.5 Å². The first-order chi connectivity index (χ1) is 9.01. The van der Waals surface area contributed by atoms with Gasteiger partial charge in [0.25, 0.3) is 0 Å². The summed E-state index contributed by atoms with van der Waals surface area (Å²) in [5.41, 5.74) is 0.545. The van der Waals surface area contributed by atoms with Gasteiger partial charge in [0.15, 0.2) is 0 Å². The van der Waals surface area contributed by atoms with Gasteiger partial charge < -0.3 is 9.47 Å². The molecule has 4 fully saturated rings. The lowest BCUT2D eigenvalue weighted by Gasteiger charge is -2.40. The molecule has 0 amide bonds. The van der Waals surface area contributed by atoms with Crippen molar-refractivity contribution in [1.29, 1.82) is 0 Å². The largest absolute Gasteiger partial charge is 0.456 e. The van der Waals surface area contributed by atoms with Crippen molar-refractivity contribution >= 4 is 5.97 Å². The number of hydrogen-bond donors (Lipinski definition) is 0. The van der Waals surface area contributed by atoms with Crippen LogP contribution in [0.3, 0.4) is 0 Å². The van der Waals surface area contributed by atoms with Crippen molar-refractivity contribution in [3.63, 3.8) is 0 Å². The van der Waals surface area contributed by atoms with E-state index in [9.17, 15) is 4.79 Å². The van der Waals surface area contributed by atoms with Gasteiger partial charge in [-0.05, 0) is 50.9 Å². The zero-order chi connectivity index (χ0) is 13.4. The molecule has 1 heterocycles. The van der Waals surface area contributed by atoms with E-state index < -0.39 is 0 Å². The summed E-state index contributed by atoms with van der Waals surface area (Å²) >= 11 is 0. The normalized spacial score (nSPS) is 53.4. The molecule has 7 unspecified atom stereocenters. The fraction of sp³-hybridized carbons (Fsp3) is 0.812. The highest BCUT2D eigenvalue weighted by atomic mass is 16.6. The predicted molar refractivity (Wildman–Crippen MR) is 70.4 cm³/mol. The van der Waals surface area contributed by atoms with Gasteiger partial charge in [-0.3, -0.25) is 0 Å². The minimum absolute atomic E-state index is 0.0182. The second-order valence-electron chi connectivity index (χ2n) is 7.19. The van der Waals surface area contributed by atoms with Crippen LogP contribution >= 0.6 is 0 Å². The van der Waals surface area contributed by atoms with Crippen LogP contribution in [0.25, 0.3) is 0 Å². The lowest BCUT2D eigenvalue weighted by Crippen LogP contribution is -2.43. The molecule has 0 spiro atoms. The van der Waals surface area contributed by atoms with Crippen LogP contribution < -0.4 is 0 Å². The van der Waals surface area contributed by atoms with Crippen LogP contribution in [-0.4, -0.2) is 23.8 Å². The van der Waals surface area contributed by atoms with Crippen LogP contribution in [0.2, 0.25) is 0 Å². The summed E-state index contributed by atoms with van der Waals surface area (Å²) in [4.78, 5) is 11.8. The standard InChI is InChI=1S/C16H22O3/c1-8(2)15(17)18-13-10-7-11-12-9(10)5-4-6-16(12,3)19-14(11)13/h9-14H,1,4-7H2,2-3H3. The molecule has 7 atom stereocenters. The van der Waals surface area contributed by atoms with E-state index in [0.29, 0.717) is 23.3 Å². The molecule has 19 heavy (non-hydrogen) atoms. The molecule has 3 nitrogen and oxygen atoms in total. The number of hydrogen-bond acceptors (Lipinski definition) is 3. The smallest absolute Gasteiger partial charge is 0.333 e. The third kappa shape index (κ3) is 1.40. The Morgan fingerprint density at radius 3 is 2.89 bits per heavy atom. The average molecular weight is 262 g/mol. The van der Waals surface area contributed by atoms with Crippen molar-refractivity contribution in [2.45, 2.75) is 57.3 Å². The molecule has 0 aromatic rings. The van der Waals surface area contributed by atoms with Crippen molar-refractivity contribution in [3.05, 3.63) is 12.2 Å². The van der Waals surface area contributed by atoms with Gasteiger partial charge in [0.2, 0.25) is 0 Å². The van der Waals surface area contributed by atoms with E-state index >= 15 is 0 Å². The third-order valence-corrected chi connectivity index (χ3v) is 6.10. The van der Waals surface area contributed by atoms with Crippen LogP contribution in [0.4, 0.5) is 0 Å². The molecule has 3 heteroatoms. The van der Waals surface area contributed by atoms with E-state index in [1.54, 1.807) is 6.92 Å². The predicted octanol–water partition coefficient (Wildman–Crippen LogP) is 2.70. The second-order valence-corrected chi connectivity index (χ2v) is 7.19. The maximum Gasteiger partial charge on any atom is 0.333 e. The third-order valence-electron chi connectivity index (χ3n) is 6.10. The number of rotatable bonds is 2. The van der Waals surface area contributed by atoms with Crippen molar-refractivity contribution in [1.82, 2.24) is 0 Å². The zero-order valence-corrected chi connectivity index (χ0v) is 11.7. The Morgan fingerprint density at radius 1 is 1.37 bits per heavy atom. The molecule has 0 aromatic heterocycles. The van der Waals surface area contributed by atoms with Gasteiger partial charge >= 0.3 is 5.97 Å². The van der Waals surface area contributed by atoms with Gasteiger partial charge in [0, 0.05) is 11.5 Å². The number of ether oxygens (including phenoxy) is 2. The van der Waals surface area contributed by atoms with Gasteiger partial charge in [-0.15, -0.1) is 0 Å². The first-order valence-corrected chi connectivity index (χ1v) is 7.55. The molecule has 0 radical (unpaired) electrons. The van der Waals surface area contributed by atoms with Crippen molar-refractivity contribution in [2.75, 3.05) is 0 Å². The van der Waals surface area contributed by atoms with Gasteiger partial charge in [-0.2, -0.15) is 0 Å². The summed E-state index contributed by atoms with van der Waals surface area (Å²) < 4.78 is 12.1. The van der Waals surface area contributed by atoms with E-state index in [4.69, 9.17) is 9.47 Å². The summed E-state index contributed by atoms with van der Waals surface area (Å²) in [7, 11) is 0. The van der Waals surface area contributed by atoms with Crippen LogP contribution in [-0.2, 0) is 14.3 Å². The molecule has 0 N–H and O–H groups in total. The first kappa shape index (κ1) is 12.0. The van der Waals surface area contributed by atoms with Crippen LogP contribution in [0.15, 0.2) is 12.2 Å². The van der Waals surface area contributed by atoms with Crippen LogP contribution in [0, 0.1) is 23.7 Å². The van der Waals surface area contributed by atoms with Gasteiger partial charge in [-0.1, -0.05) is 13.0 Å². The fourth-order valence-corrected chi connectivity index (χ4v) is 5.56. The Hall–Kier alpha value is -0.830. The highest BCUT2D eigenvalue weighted by molar-refractivity contribution is 5.87. The molecule has 4 rings (SSSR count). The average Bonchev–Trinajstić information content (AvgIpc) is 2.95. The van der Waals surface area contributed by atoms with Gasteiger partial charge in [0.1, 0.15) is 6.10 Å². The van der Waals surface area contributed by atoms with Gasteiger partial charge in [0.05, 0.1) is 11.7 Å². The topological polar surface area (TPSA) is 35.5 Å². The molecule has 0 aromatic carbocycles. The number of fused-ring (bicyclic) bond motifs is 2. The Labute approximate surface area is 114 Å². The Morgan fingerprint density at radius 2 is 2.16 bits per heavy atom. The van der Waals surface area contributed by atoms with E-state index in [-0.39, 0.29) is 23.8 Å². The highest BCUT2D eigenvalue weighted by Gasteiger charge is 2.70. The Kier molecular flexibility index (Phi) is 2.28. The summed E-state index contributed by atoms with van der Waals surface area (Å²) in [6.45, 7) is 7.68. The summed E-state index contributed by atoms with van der Waals surface area (Å²) in [5, 5.41) is 0. The second kappa shape index (κ2) is 3.63. The Bertz CT molecular complexity index is 455. The van der Waals surface area contributed by atoms with E-state index in [1.807, 2.05) is 0 Å². The molecule has 3 aliphatic carbocycles. The van der Waals surface area contributed by atoms with Crippen LogP contribution in [0.1, 0.15) is 39.5 Å². The molecule has 1 aliphatic heterocycles. The zero-order valence-electron chi connectivity index (χ0n) is 11.7. The Balaban J connectivity index is 1.64. The monoisotopic (exact) mass is 262 g/mol. The van der Waals surface area contributed by atoms with E-state index in [0.717, 1.165) is 5.92 Å². The highest BCUT2D eigenvalue weighted by Crippen LogP contribution is 2.67. The lowest BCUT2D eigenvalue weighted by atomic mass is 9.65.